The first kappa shape index (κ1) is 16.4. The number of oxazole rings is 1. The number of aromatic nitrogens is 1. The highest BCUT2D eigenvalue weighted by Crippen LogP contribution is 2.35. The summed E-state index contributed by atoms with van der Waals surface area (Å²) in [5.41, 5.74) is 1.24. The van der Waals surface area contributed by atoms with E-state index in [9.17, 15) is 4.79 Å². The maximum atomic E-state index is 12.3. The molecule has 1 heterocycles. The van der Waals surface area contributed by atoms with Gasteiger partial charge in [0.1, 0.15) is 21.7 Å². The number of rotatable bonds is 5. The van der Waals surface area contributed by atoms with Crippen LogP contribution in [0.1, 0.15) is 27.7 Å². The zero-order valence-electron chi connectivity index (χ0n) is 12.8. The molecule has 0 bridgehead atoms. The van der Waals surface area contributed by atoms with E-state index in [0.717, 1.165) is 11.5 Å². The van der Waals surface area contributed by atoms with Gasteiger partial charge in [0.25, 0.3) is 5.91 Å². The molecule has 1 aromatic heterocycles. The molecule has 2 rings (SSSR count). The van der Waals surface area contributed by atoms with Gasteiger partial charge in [0.2, 0.25) is 5.89 Å². The molecule has 1 N–H and O–H groups in total. The predicted molar refractivity (Wildman–Crippen MR) is 84.4 cm³/mol. The molecule has 0 aliphatic rings. The van der Waals surface area contributed by atoms with Crippen LogP contribution < -0.4 is 14.8 Å². The molecule has 2 aromatic rings. The third-order valence-corrected chi connectivity index (χ3v) is 3.96. The van der Waals surface area contributed by atoms with Crippen LogP contribution in [0.5, 0.6) is 11.5 Å². The van der Waals surface area contributed by atoms with Gasteiger partial charge in [0.15, 0.2) is 0 Å². The van der Waals surface area contributed by atoms with Crippen LogP contribution in [0.3, 0.4) is 0 Å². The van der Waals surface area contributed by atoms with Crippen molar-refractivity contribution >= 4 is 21.8 Å². The number of aryl methyl sites for hydroxylation is 2. The summed E-state index contributed by atoms with van der Waals surface area (Å²) in [7, 11) is 3.05. The minimum absolute atomic E-state index is 0.216. The molecular weight excluding hydrogens is 352 g/mol. The lowest BCUT2D eigenvalue weighted by molar-refractivity contribution is 0.0946. The zero-order valence-corrected chi connectivity index (χ0v) is 14.4. The van der Waals surface area contributed by atoms with Crippen LogP contribution in [0.15, 0.2) is 21.0 Å². The van der Waals surface area contributed by atoms with E-state index in [1.54, 1.807) is 12.1 Å². The van der Waals surface area contributed by atoms with Crippen LogP contribution in [0.2, 0.25) is 0 Å². The van der Waals surface area contributed by atoms with Crippen LogP contribution >= 0.6 is 15.9 Å². The Hall–Kier alpha value is -2.02. The van der Waals surface area contributed by atoms with E-state index < -0.39 is 0 Å². The molecule has 0 atom stereocenters. The van der Waals surface area contributed by atoms with Crippen molar-refractivity contribution < 1.29 is 18.7 Å². The van der Waals surface area contributed by atoms with E-state index >= 15 is 0 Å². The highest BCUT2D eigenvalue weighted by molar-refractivity contribution is 9.10. The van der Waals surface area contributed by atoms with Crippen molar-refractivity contribution in [2.75, 3.05) is 14.2 Å². The predicted octanol–water partition coefficient (Wildman–Crippen LogP) is 3.00. The number of methoxy groups -OCH3 is 2. The number of ether oxygens (including phenoxy) is 2. The summed E-state index contributed by atoms with van der Waals surface area (Å²) >= 11 is 3.36. The molecule has 0 aliphatic carbocycles. The molecule has 0 unspecified atom stereocenters. The Kier molecular flexibility index (Phi) is 5.07. The number of carbonyl (C=O) groups is 1. The first-order valence-corrected chi connectivity index (χ1v) is 7.38. The fourth-order valence-electron chi connectivity index (χ4n) is 1.87. The minimum Gasteiger partial charge on any atom is -0.495 e. The number of benzene rings is 1. The Morgan fingerprint density at radius 3 is 2.32 bits per heavy atom. The summed E-state index contributed by atoms with van der Waals surface area (Å²) < 4.78 is 16.5. The van der Waals surface area contributed by atoms with E-state index in [-0.39, 0.29) is 12.5 Å². The van der Waals surface area contributed by atoms with Gasteiger partial charge in [-0.3, -0.25) is 4.79 Å². The number of halogens is 1. The Bertz CT molecular complexity index is 652. The normalized spacial score (nSPS) is 10.4. The summed E-state index contributed by atoms with van der Waals surface area (Å²) in [5, 5.41) is 2.76. The molecule has 0 saturated heterocycles. The highest BCUT2D eigenvalue weighted by atomic mass is 79.9. The topological polar surface area (TPSA) is 73.6 Å². The number of nitrogens with one attached hydrogen (secondary N) is 1. The van der Waals surface area contributed by atoms with Crippen molar-refractivity contribution in [3.63, 3.8) is 0 Å². The smallest absolute Gasteiger partial charge is 0.251 e. The summed E-state index contributed by atoms with van der Waals surface area (Å²) in [6.45, 7) is 3.90. The van der Waals surface area contributed by atoms with Crippen LogP contribution in [-0.2, 0) is 6.54 Å². The standard InChI is InChI=1S/C15H17BrN2O4/c1-8-9(2)22-13(18-8)7-17-15(19)10-5-11(20-3)14(16)12(6-10)21-4/h5-6H,7H2,1-4H3,(H,17,19). The minimum atomic E-state index is -0.266. The lowest BCUT2D eigenvalue weighted by atomic mass is 10.2. The van der Waals surface area contributed by atoms with Crippen molar-refractivity contribution in [3.8, 4) is 11.5 Å². The van der Waals surface area contributed by atoms with E-state index in [0.29, 0.717) is 27.4 Å². The van der Waals surface area contributed by atoms with E-state index in [4.69, 9.17) is 13.9 Å². The summed E-state index contributed by atoms with van der Waals surface area (Å²) in [4.78, 5) is 16.5. The van der Waals surface area contributed by atoms with Crippen molar-refractivity contribution in [2.24, 2.45) is 0 Å². The number of nitrogens with zero attached hydrogens (tertiary/aromatic N) is 1. The maximum Gasteiger partial charge on any atom is 0.251 e. The molecule has 22 heavy (non-hydrogen) atoms. The Morgan fingerprint density at radius 2 is 1.86 bits per heavy atom. The monoisotopic (exact) mass is 368 g/mol. The zero-order chi connectivity index (χ0) is 16.3. The molecular formula is C15H17BrN2O4. The van der Waals surface area contributed by atoms with Crippen molar-refractivity contribution in [1.82, 2.24) is 10.3 Å². The summed E-state index contributed by atoms with van der Waals surface area (Å²) in [6.07, 6.45) is 0. The second kappa shape index (κ2) is 6.83. The van der Waals surface area contributed by atoms with Gasteiger partial charge in [-0.2, -0.15) is 0 Å². The van der Waals surface area contributed by atoms with Gasteiger partial charge >= 0.3 is 0 Å². The molecule has 0 fully saturated rings. The molecule has 0 saturated carbocycles. The van der Waals surface area contributed by atoms with Gasteiger partial charge in [0.05, 0.1) is 26.5 Å². The van der Waals surface area contributed by atoms with Gasteiger partial charge in [-0.25, -0.2) is 4.98 Å². The molecule has 6 nitrogen and oxygen atoms in total. The molecule has 0 aliphatic heterocycles. The first-order chi connectivity index (χ1) is 10.5. The number of hydrogen-bond acceptors (Lipinski definition) is 5. The number of carbonyl (C=O) groups excluding carboxylic acids is 1. The van der Waals surface area contributed by atoms with Gasteiger partial charge in [-0.1, -0.05) is 0 Å². The van der Waals surface area contributed by atoms with Gasteiger partial charge in [-0.15, -0.1) is 0 Å². The maximum absolute atomic E-state index is 12.3. The highest BCUT2D eigenvalue weighted by Gasteiger charge is 2.15. The molecule has 118 valence electrons. The van der Waals surface area contributed by atoms with Crippen LogP contribution in [0.25, 0.3) is 0 Å². The van der Waals surface area contributed by atoms with Crippen molar-refractivity contribution in [3.05, 3.63) is 39.5 Å². The number of hydrogen-bond donors (Lipinski definition) is 1. The fraction of sp³-hybridized carbons (Fsp3) is 0.333. The average Bonchev–Trinajstić information content (AvgIpc) is 2.83. The van der Waals surface area contributed by atoms with E-state index in [1.807, 2.05) is 13.8 Å². The molecule has 1 aromatic carbocycles. The van der Waals surface area contributed by atoms with Crippen molar-refractivity contribution in [1.29, 1.82) is 0 Å². The lowest BCUT2D eigenvalue weighted by Crippen LogP contribution is -2.23. The molecule has 7 heteroatoms. The third kappa shape index (κ3) is 3.41. The number of amides is 1. The van der Waals surface area contributed by atoms with Gasteiger partial charge in [0, 0.05) is 5.56 Å². The third-order valence-electron chi connectivity index (χ3n) is 3.18. The van der Waals surface area contributed by atoms with Crippen LogP contribution in [-0.4, -0.2) is 25.1 Å². The molecule has 0 spiro atoms. The Morgan fingerprint density at radius 1 is 1.27 bits per heavy atom. The van der Waals surface area contributed by atoms with Crippen molar-refractivity contribution in [2.45, 2.75) is 20.4 Å². The summed E-state index contributed by atoms with van der Waals surface area (Å²) in [5.74, 6) is 1.99. The molecule has 0 radical (unpaired) electrons. The van der Waals surface area contributed by atoms with Gasteiger partial charge < -0.3 is 19.2 Å². The lowest BCUT2D eigenvalue weighted by Gasteiger charge is -2.11. The second-order valence-electron chi connectivity index (χ2n) is 4.63. The van der Waals surface area contributed by atoms with E-state index in [2.05, 4.69) is 26.2 Å². The molecule has 1 amide bonds. The van der Waals surface area contributed by atoms with Crippen LogP contribution in [0, 0.1) is 13.8 Å². The quantitative estimate of drug-likeness (QED) is 0.877. The fourth-order valence-corrected chi connectivity index (χ4v) is 2.43. The first-order valence-electron chi connectivity index (χ1n) is 6.59. The van der Waals surface area contributed by atoms with Crippen LogP contribution in [0.4, 0.5) is 0 Å². The second-order valence-corrected chi connectivity index (χ2v) is 5.42. The van der Waals surface area contributed by atoms with Gasteiger partial charge in [-0.05, 0) is 41.9 Å². The Balaban J connectivity index is 2.15. The Labute approximate surface area is 136 Å². The summed E-state index contributed by atoms with van der Waals surface area (Å²) in [6, 6.07) is 3.27. The SMILES string of the molecule is COc1cc(C(=O)NCc2nc(C)c(C)o2)cc(OC)c1Br. The van der Waals surface area contributed by atoms with E-state index in [1.165, 1.54) is 14.2 Å². The largest absolute Gasteiger partial charge is 0.495 e. The average molecular weight is 369 g/mol.